The maximum absolute atomic E-state index is 12.6. The number of anilines is 1. The molecule has 0 aliphatic rings. The van der Waals surface area contributed by atoms with E-state index in [1.165, 1.54) is 0 Å². The van der Waals surface area contributed by atoms with Gasteiger partial charge in [0.15, 0.2) is 0 Å². The van der Waals surface area contributed by atoms with Crippen molar-refractivity contribution in [3.63, 3.8) is 0 Å². The first-order valence-electron chi connectivity index (χ1n) is 8.37. The summed E-state index contributed by atoms with van der Waals surface area (Å²) in [5.74, 6) is 0.0924. The Morgan fingerprint density at radius 3 is 2.40 bits per heavy atom. The van der Waals surface area contributed by atoms with E-state index in [-0.39, 0.29) is 5.91 Å². The summed E-state index contributed by atoms with van der Waals surface area (Å²) in [5.41, 5.74) is 4.15. The number of para-hydroxylation sites is 1. The van der Waals surface area contributed by atoms with Crippen LogP contribution in [-0.2, 0) is 17.8 Å². The van der Waals surface area contributed by atoms with Gasteiger partial charge in [0.2, 0.25) is 5.91 Å². The standard InChI is InChI=1S/C21H23N3O/c1-23(2)19-11-9-16(10-12-19)15-24(3)20(25)14-18-7-4-6-17-8-5-13-22-21(17)18/h4-13H,14-15H2,1-3H3. The maximum atomic E-state index is 12.6. The summed E-state index contributed by atoms with van der Waals surface area (Å²) >= 11 is 0. The minimum atomic E-state index is 0.0924. The fraction of sp³-hybridized carbons (Fsp3) is 0.238. The molecule has 0 aliphatic carbocycles. The van der Waals surface area contributed by atoms with Gasteiger partial charge in [0.05, 0.1) is 11.9 Å². The number of hydrogen-bond acceptors (Lipinski definition) is 3. The second-order valence-corrected chi connectivity index (χ2v) is 6.48. The largest absolute Gasteiger partial charge is 0.378 e. The maximum Gasteiger partial charge on any atom is 0.227 e. The lowest BCUT2D eigenvalue weighted by atomic mass is 10.1. The molecule has 0 bridgehead atoms. The Morgan fingerprint density at radius 1 is 0.960 bits per heavy atom. The number of likely N-dealkylation sites (N-methyl/N-ethyl adjacent to an activating group) is 1. The molecule has 128 valence electrons. The van der Waals surface area contributed by atoms with Crippen molar-refractivity contribution in [2.24, 2.45) is 0 Å². The lowest BCUT2D eigenvalue weighted by Crippen LogP contribution is -2.27. The fourth-order valence-electron chi connectivity index (χ4n) is 2.87. The van der Waals surface area contributed by atoms with Gasteiger partial charge in [0.1, 0.15) is 0 Å². The molecule has 0 radical (unpaired) electrons. The minimum absolute atomic E-state index is 0.0924. The van der Waals surface area contributed by atoms with Crippen LogP contribution in [0.25, 0.3) is 10.9 Å². The molecule has 0 spiro atoms. The molecule has 0 unspecified atom stereocenters. The third-order valence-corrected chi connectivity index (χ3v) is 4.36. The van der Waals surface area contributed by atoms with E-state index in [1.807, 2.05) is 51.5 Å². The van der Waals surface area contributed by atoms with E-state index in [0.29, 0.717) is 13.0 Å². The molecule has 3 rings (SSSR count). The second kappa shape index (κ2) is 7.34. The van der Waals surface area contributed by atoms with Crippen LogP contribution >= 0.6 is 0 Å². The zero-order chi connectivity index (χ0) is 17.8. The highest BCUT2D eigenvalue weighted by Crippen LogP contribution is 2.18. The molecule has 0 saturated heterocycles. The predicted octanol–water partition coefficient (Wildman–Crippen LogP) is 3.50. The number of amides is 1. The fourth-order valence-corrected chi connectivity index (χ4v) is 2.87. The number of carbonyl (C=O) groups is 1. The summed E-state index contributed by atoms with van der Waals surface area (Å²) < 4.78 is 0. The summed E-state index contributed by atoms with van der Waals surface area (Å²) in [5, 5.41) is 1.06. The molecule has 4 nitrogen and oxygen atoms in total. The zero-order valence-corrected chi connectivity index (χ0v) is 14.9. The SMILES string of the molecule is CN(Cc1ccc(N(C)C)cc1)C(=O)Cc1cccc2cccnc12. The molecule has 4 heteroatoms. The molecule has 0 atom stereocenters. The molecule has 25 heavy (non-hydrogen) atoms. The molecule has 3 aromatic rings. The highest BCUT2D eigenvalue weighted by atomic mass is 16.2. The van der Waals surface area contributed by atoms with Crippen molar-refractivity contribution in [3.8, 4) is 0 Å². The second-order valence-electron chi connectivity index (χ2n) is 6.48. The van der Waals surface area contributed by atoms with Gasteiger partial charge in [-0.15, -0.1) is 0 Å². The number of carbonyl (C=O) groups excluding carboxylic acids is 1. The summed E-state index contributed by atoms with van der Waals surface area (Å²) in [4.78, 5) is 20.9. The first kappa shape index (κ1) is 17.0. The molecule has 0 N–H and O–H groups in total. The number of hydrogen-bond donors (Lipinski definition) is 0. The van der Waals surface area contributed by atoms with E-state index in [1.54, 1.807) is 11.1 Å². The van der Waals surface area contributed by atoms with Crippen LogP contribution in [0, 0.1) is 0 Å². The Bertz CT molecular complexity index is 866. The van der Waals surface area contributed by atoms with Gasteiger partial charge in [0.25, 0.3) is 0 Å². The van der Waals surface area contributed by atoms with Crippen LogP contribution in [0.15, 0.2) is 60.8 Å². The Morgan fingerprint density at radius 2 is 1.68 bits per heavy atom. The number of rotatable bonds is 5. The highest BCUT2D eigenvalue weighted by molar-refractivity contribution is 5.87. The van der Waals surface area contributed by atoms with Crippen LogP contribution in [0.2, 0.25) is 0 Å². The Balaban J connectivity index is 1.70. The zero-order valence-electron chi connectivity index (χ0n) is 14.9. The smallest absolute Gasteiger partial charge is 0.227 e. The van der Waals surface area contributed by atoms with Crippen LogP contribution in [0.4, 0.5) is 5.69 Å². The van der Waals surface area contributed by atoms with Crippen LogP contribution in [0.5, 0.6) is 0 Å². The summed E-state index contributed by atoms with van der Waals surface area (Å²) in [7, 11) is 5.88. The van der Waals surface area contributed by atoms with Gasteiger partial charge in [-0.25, -0.2) is 0 Å². The van der Waals surface area contributed by atoms with Gasteiger partial charge in [-0.2, -0.15) is 0 Å². The topological polar surface area (TPSA) is 36.4 Å². The van der Waals surface area contributed by atoms with E-state index < -0.39 is 0 Å². The van der Waals surface area contributed by atoms with Gasteiger partial charge in [-0.3, -0.25) is 9.78 Å². The van der Waals surface area contributed by atoms with Crippen molar-refractivity contribution in [1.82, 2.24) is 9.88 Å². The lowest BCUT2D eigenvalue weighted by Gasteiger charge is -2.19. The first-order valence-corrected chi connectivity index (χ1v) is 8.37. The predicted molar refractivity (Wildman–Crippen MR) is 103 cm³/mol. The van der Waals surface area contributed by atoms with Gasteiger partial charge in [-0.1, -0.05) is 36.4 Å². The lowest BCUT2D eigenvalue weighted by molar-refractivity contribution is -0.129. The number of nitrogens with zero attached hydrogens (tertiary/aromatic N) is 3. The summed E-state index contributed by atoms with van der Waals surface area (Å²) in [6.07, 6.45) is 2.13. The normalized spacial score (nSPS) is 10.7. The van der Waals surface area contributed by atoms with E-state index in [0.717, 1.165) is 27.7 Å². The van der Waals surface area contributed by atoms with E-state index in [2.05, 4.69) is 34.1 Å². The van der Waals surface area contributed by atoms with E-state index in [9.17, 15) is 4.79 Å². The van der Waals surface area contributed by atoms with Crippen molar-refractivity contribution in [2.75, 3.05) is 26.0 Å². The molecule has 0 aliphatic heterocycles. The van der Waals surface area contributed by atoms with E-state index in [4.69, 9.17) is 0 Å². The van der Waals surface area contributed by atoms with E-state index >= 15 is 0 Å². The van der Waals surface area contributed by atoms with Crippen LogP contribution in [0.3, 0.4) is 0 Å². The summed E-state index contributed by atoms with van der Waals surface area (Å²) in [6.45, 7) is 0.602. The molecule has 1 amide bonds. The van der Waals surface area contributed by atoms with Gasteiger partial charge < -0.3 is 9.80 Å². The number of fused-ring (bicyclic) bond motifs is 1. The molecular formula is C21H23N3O. The van der Waals surface area contributed by atoms with Crippen LogP contribution in [0.1, 0.15) is 11.1 Å². The third kappa shape index (κ3) is 3.97. The Labute approximate surface area is 148 Å². The van der Waals surface area contributed by atoms with Crippen molar-refractivity contribution in [3.05, 3.63) is 71.9 Å². The molecule has 0 saturated carbocycles. The Kier molecular flexibility index (Phi) is 4.98. The number of pyridine rings is 1. The minimum Gasteiger partial charge on any atom is -0.378 e. The highest BCUT2D eigenvalue weighted by Gasteiger charge is 2.12. The molecule has 1 aromatic heterocycles. The molecule has 2 aromatic carbocycles. The number of benzene rings is 2. The molecule has 0 fully saturated rings. The molecule has 1 heterocycles. The first-order chi connectivity index (χ1) is 12.0. The average Bonchev–Trinajstić information content (AvgIpc) is 2.62. The van der Waals surface area contributed by atoms with Crippen molar-refractivity contribution in [2.45, 2.75) is 13.0 Å². The van der Waals surface area contributed by atoms with Crippen molar-refractivity contribution >= 4 is 22.5 Å². The molecular weight excluding hydrogens is 310 g/mol. The van der Waals surface area contributed by atoms with Crippen LogP contribution in [-0.4, -0.2) is 36.9 Å². The Hall–Kier alpha value is -2.88. The monoisotopic (exact) mass is 333 g/mol. The van der Waals surface area contributed by atoms with Gasteiger partial charge in [-0.05, 0) is 29.3 Å². The summed E-state index contributed by atoms with van der Waals surface area (Å²) in [6, 6.07) is 18.2. The van der Waals surface area contributed by atoms with Crippen molar-refractivity contribution in [1.29, 1.82) is 0 Å². The average molecular weight is 333 g/mol. The van der Waals surface area contributed by atoms with Gasteiger partial charge in [0, 0.05) is 45.0 Å². The number of aromatic nitrogens is 1. The third-order valence-electron chi connectivity index (χ3n) is 4.36. The van der Waals surface area contributed by atoms with Gasteiger partial charge >= 0.3 is 0 Å². The quantitative estimate of drug-likeness (QED) is 0.717. The van der Waals surface area contributed by atoms with Crippen molar-refractivity contribution < 1.29 is 4.79 Å². The van der Waals surface area contributed by atoms with Crippen LogP contribution < -0.4 is 4.90 Å².